The van der Waals surface area contributed by atoms with Crippen LogP contribution in [0.15, 0.2) is 0 Å². The zero-order valence-electron chi connectivity index (χ0n) is 10.2. The summed E-state index contributed by atoms with van der Waals surface area (Å²) in [6.07, 6.45) is 8.60. The molecule has 0 amide bonds. The molecule has 2 rings (SSSR count). The first-order chi connectivity index (χ1) is 8.07. The van der Waals surface area contributed by atoms with E-state index < -0.39 is 10.0 Å². The molecule has 0 aliphatic heterocycles. The van der Waals surface area contributed by atoms with Gasteiger partial charge >= 0.3 is 0 Å². The second kappa shape index (κ2) is 5.89. The molecule has 2 unspecified atom stereocenters. The molecule has 5 heteroatoms. The van der Waals surface area contributed by atoms with Crippen LogP contribution in [0.2, 0.25) is 0 Å². The van der Waals surface area contributed by atoms with Crippen LogP contribution in [0.5, 0.6) is 0 Å². The van der Waals surface area contributed by atoms with E-state index in [1.54, 1.807) is 0 Å². The van der Waals surface area contributed by atoms with Crippen molar-refractivity contribution in [3.05, 3.63) is 0 Å². The van der Waals surface area contributed by atoms with Crippen molar-refractivity contribution >= 4 is 21.6 Å². The van der Waals surface area contributed by atoms with E-state index in [4.69, 9.17) is 11.6 Å². The highest BCUT2D eigenvalue weighted by Crippen LogP contribution is 2.27. The molecule has 0 heterocycles. The maximum atomic E-state index is 12.0. The third-order valence-electron chi connectivity index (χ3n) is 3.94. The minimum absolute atomic E-state index is 0.0175. The lowest BCUT2D eigenvalue weighted by molar-refractivity contribution is 0.383. The van der Waals surface area contributed by atoms with Gasteiger partial charge in [-0.1, -0.05) is 25.7 Å². The zero-order chi connectivity index (χ0) is 12.3. The Hall–Kier alpha value is 0.200. The van der Waals surface area contributed by atoms with Gasteiger partial charge in [0.25, 0.3) is 0 Å². The third kappa shape index (κ3) is 4.11. The fourth-order valence-electron chi connectivity index (χ4n) is 2.99. The van der Waals surface area contributed by atoms with Gasteiger partial charge in [-0.25, -0.2) is 13.1 Å². The Bertz CT molecular complexity index is 338. The van der Waals surface area contributed by atoms with Gasteiger partial charge in [0.1, 0.15) is 0 Å². The quantitative estimate of drug-likeness (QED) is 0.804. The molecule has 2 saturated carbocycles. The molecule has 2 atom stereocenters. The lowest BCUT2D eigenvalue weighted by Gasteiger charge is -2.23. The Labute approximate surface area is 109 Å². The molecule has 3 nitrogen and oxygen atoms in total. The third-order valence-corrected chi connectivity index (χ3v) is 6.04. The number of hydrogen-bond acceptors (Lipinski definition) is 2. The second-order valence-electron chi connectivity index (χ2n) is 5.46. The highest BCUT2D eigenvalue weighted by atomic mass is 35.5. The van der Waals surface area contributed by atoms with Gasteiger partial charge < -0.3 is 0 Å². The molecule has 100 valence electrons. The van der Waals surface area contributed by atoms with Crippen LogP contribution in [0.1, 0.15) is 51.4 Å². The molecule has 2 fully saturated rings. The Morgan fingerprint density at radius 1 is 1.00 bits per heavy atom. The van der Waals surface area contributed by atoms with E-state index in [1.807, 2.05) is 0 Å². The molecule has 0 aromatic rings. The van der Waals surface area contributed by atoms with Gasteiger partial charge in [0.15, 0.2) is 0 Å². The molecule has 0 spiro atoms. The first-order valence-corrected chi connectivity index (χ1v) is 8.80. The van der Waals surface area contributed by atoms with Gasteiger partial charge in [-0.3, -0.25) is 0 Å². The molecule has 0 aromatic carbocycles. The summed E-state index contributed by atoms with van der Waals surface area (Å²) in [6, 6.07) is -0.0368. The number of rotatable bonds is 4. The molecule has 2 aliphatic rings. The van der Waals surface area contributed by atoms with Crippen LogP contribution in [-0.4, -0.2) is 25.6 Å². The van der Waals surface area contributed by atoms with E-state index in [1.165, 1.54) is 19.3 Å². The summed E-state index contributed by atoms with van der Waals surface area (Å²) in [7, 11) is -3.13. The molecular weight excluding hydrogens is 258 g/mol. The molecule has 0 radical (unpaired) electrons. The molecule has 0 saturated heterocycles. The van der Waals surface area contributed by atoms with Crippen LogP contribution in [0.3, 0.4) is 0 Å². The Balaban J connectivity index is 1.85. The molecule has 2 aliphatic carbocycles. The van der Waals surface area contributed by atoms with Crippen LogP contribution in [0, 0.1) is 5.92 Å². The molecule has 1 N–H and O–H groups in total. The van der Waals surface area contributed by atoms with Crippen molar-refractivity contribution in [1.29, 1.82) is 0 Å². The van der Waals surface area contributed by atoms with Crippen LogP contribution >= 0.6 is 11.6 Å². The summed E-state index contributed by atoms with van der Waals surface area (Å²) in [5, 5.41) is -0.0175. The van der Waals surface area contributed by atoms with Crippen molar-refractivity contribution in [1.82, 2.24) is 4.72 Å². The zero-order valence-corrected chi connectivity index (χ0v) is 11.8. The smallest absolute Gasteiger partial charge is 0.212 e. The van der Waals surface area contributed by atoms with Crippen LogP contribution in [0.25, 0.3) is 0 Å². The second-order valence-corrected chi connectivity index (χ2v) is 7.82. The summed E-state index contributed by atoms with van der Waals surface area (Å²) in [6.45, 7) is 0. The van der Waals surface area contributed by atoms with Crippen molar-refractivity contribution in [2.24, 2.45) is 5.92 Å². The van der Waals surface area contributed by atoms with Crippen molar-refractivity contribution in [2.75, 3.05) is 5.75 Å². The average molecular weight is 280 g/mol. The van der Waals surface area contributed by atoms with Crippen molar-refractivity contribution in [3.8, 4) is 0 Å². The van der Waals surface area contributed by atoms with Gasteiger partial charge in [0.2, 0.25) is 10.0 Å². The van der Waals surface area contributed by atoms with Gasteiger partial charge in [-0.05, 0) is 31.6 Å². The summed E-state index contributed by atoms with van der Waals surface area (Å²) in [5.41, 5.74) is 0. The standard InChI is InChI=1S/C12H22ClNO2S/c13-11-7-4-8-12(11)14-17(15,16)9-10-5-2-1-3-6-10/h10-12,14H,1-9H2. The van der Waals surface area contributed by atoms with Crippen LogP contribution < -0.4 is 4.72 Å². The molecule has 0 bridgehead atoms. The average Bonchev–Trinajstić information content (AvgIpc) is 2.64. The highest BCUT2D eigenvalue weighted by molar-refractivity contribution is 7.89. The lowest BCUT2D eigenvalue weighted by atomic mass is 9.91. The van der Waals surface area contributed by atoms with Crippen LogP contribution in [-0.2, 0) is 10.0 Å². The van der Waals surface area contributed by atoms with Gasteiger partial charge in [0.05, 0.1) is 5.75 Å². The predicted octanol–water partition coefficient (Wildman–Crippen LogP) is 2.65. The summed E-state index contributed by atoms with van der Waals surface area (Å²) < 4.78 is 26.9. The lowest BCUT2D eigenvalue weighted by Crippen LogP contribution is -2.40. The number of hydrogen-bond donors (Lipinski definition) is 1. The van der Waals surface area contributed by atoms with Gasteiger partial charge in [-0.15, -0.1) is 11.6 Å². The highest BCUT2D eigenvalue weighted by Gasteiger charge is 2.30. The van der Waals surface area contributed by atoms with E-state index in [0.29, 0.717) is 11.7 Å². The number of sulfonamides is 1. The topological polar surface area (TPSA) is 46.2 Å². The number of alkyl halides is 1. The Morgan fingerprint density at radius 2 is 1.71 bits per heavy atom. The molecule has 17 heavy (non-hydrogen) atoms. The fraction of sp³-hybridized carbons (Fsp3) is 1.00. The maximum Gasteiger partial charge on any atom is 0.212 e. The number of halogens is 1. The fourth-order valence-corrected chi connectivity index (χ4v) is 5.20. The molecule has 0 aromatic heterocycles. The van der Waals surface area contributed by atoms with Crippen molar-refractivity contribution < 1.29 is 8.42 Å². The minimum Gasteiger partial charge on any atom is -0.212 e. The Morgan fingerprint density at radius 3 is 2.29 bits per heavy atom. The summed E-state index contributed by atoms with van der Waals surface area (Å²) in [4.78, 5) is 0. The number of nitrogens with one attached hydrogen (secondary N) is 1. The SMILES string of the molecule is O=S(=O)(CC1CCCCC1)NC1CCCC1Cl. The maximum absolute atomic E-state index is 12.0. The first kappa shape index (κ1) is 13.6. The van der Waals surface area contributed by atoms with Crippen molar-refractivity contribution in [2.45, 2.75) is 62.8 Å². The predicted molar refractivity (Wildman–Crippen MR) is 70.8 cm³/mol. The van der Waals surface area contributed by atoms with E-state index in [2.05, 4.69) is 4.72 Å². The summed E-state index contributed by atoms with van der Waals surface area (Å²) in [5.74, 6) is 0.657. The van der Waals surface area contributed by atoms with Gasteiger partial charge in [0, 0.05) is 11.4 Å². The van der Waals surface area contributed by atoms with E-state index >= 15 is 0 Å². The van der Waals surface area contributed by atoms with E-state index in [0.717, 1.165) is 32.1 Å². The van der Waals surface area contributed by atoms with Gasteiger partial charge in [-0.2, -0.15) is 0 Å². The first-order valence-electron chi connectivity index (χ1n) is 6.71. The molecular formula is C12H22ClNO2S. The largest absolute Gasteiger partial charge is 0.212 e. The summed E-state index contributed by atoms with van der Waals surface area (Å²) >= 11 is 6.10. The normalized spacial score (nSPS) is 31.8. The van der Waals surface area contributed by atoms with Crippen molar-refractivity contribution in [3.63, 3.8) is 0 Å². The van der Waals surface area contributed by atoms with E-state index in [9.17, 15) is 8.42 Å². The van der Waals surface area contributed by atoms with E-state index in [-0.39, 0.29) is 11.4 Å². The minimum atomic E-state index is -3.13. The van der Waals surface area contributed by atoms with Crippen LogP contribution in [0.4, 0.5) is 0 Å². The Kier molecular flexibility index (Phi) is 4.72. The monoisotopic (exact) mass is 279 g/mol.